The molecule has 2 aromatic rings. The monoisotopic (exact) mass is 522 g/mol. The molecule has 0 aliphatic carbocycles. The first-order chi connectivity index (χ1) is 17.5. The smallest absolute Gasteiger partial charge is 0.315 e. The Labute approximate surface area is 222 Å². The minimum Gasteiger partial charge on any atom is -0.517 e. The molecule has 0 spiro atoms. The highest BCUT2D eigenvalue weighted by molar-refractivity contribution is 6.78. The molecule has 7 heteroatoms. The van der Waals surface area contributed by atoms with Gasteiger partial charge in [0.15, 0.2) is 0 Å². The molecule has 0 unspecified atom stereocenters. The largest absolute Gasteiger partial charge is 0.517 e. The number of hydrogen-bond donors (Lipinski definition) is 2. The second kappa shape index (κ2) is 12.7. The zero-order valence-electron chi connectivity index (χ0n) is 22.7. The number of hydrogen-bond acceptors (Lipinski definition) is 5. The summed E-state index contributed by atoms with van der Waals surface area (Å²) in [5.74, 6) is -1.50. The molecule has 0 radical (unpaired) electrons. The fourth-order valence-electron chi connectivity index (χ4n) is 5.13. The van der Waals surface area contributed by atoms with Gasteiger partial charge in [-0.25, -0.2) is 0 Å². The number of rotatable bonds is 11. The van der Waals surface area contributed by atoms with Crippen molar-refractivity contribution in [3.8, 4) is 0 Å². The zero-order chi connectivity index (χ0) is 27.1. The fourth-order valence-corrected chi connectivity index (χ4v) is 9.56. The lowest BCUT2D eigenvalue weighted by molar-refractivity contribution is -0.141. The van der Waals surface area contributed by atoms with Crippen LogP contribution in [-0.4, -0.2) is 38.1 Å². The quantitative estimate of drug-likeness (QED) is 0.406. The summed E-state index contributed by atoms with van der Waals surface area (Å²) >= 11 is 0. The first kappa shape index (κ1) is 28.8. The first-order valence-corrected chi connectivity index (χ1v) is 15.7. The highest BCUT2D eigenvalue weighted by Crippen LogP contribution is 2.48. The number of nitrogens with two attached hydrogens (primary N) is 1. The Morgan fingerprint density at radius 2 is 1.43 bits per heavy atom. The Morgan fingerprint density at radius 1 is 0.919 bits per heavy atom. The third-order valence-electron chi connectivity index (χ3n) is 7.61. The van der Waals surface area contributed by atoms with Gasteiger partial charge in [-0.3, -0.25) is 14.4 Å². The van der Waals surface area contributed by atoms with E-state index in [2.05, 4.69) is 26.1 Å². The van der Waals surface area contributed by atoms with Crippen LogP contribution in [0.1, 0.15) is 58.1 Å². The van der Waals surface area contributed by atoms with Gasteiger partial charge in [0.25, 0.3) is 8.32 Å². The van der Waals surface area contributed by atoms with Crippen LogP contribution in [-0.2, 0) is 31.7 Å². The molecule has 0 bridgehead atoms. The number of amides is 1. The van der Waals surface area contributed by atoms with Gasteiger partial charge in [-0.05, 0) is 41.6 Å². The molecule has 200 valence electrons. The molecule has 37 heavy (non-hydrogen) atoms. The molecule has 1 amide bonds. The average Bonchev–Trinajstić information content (AvgIpc) is 3.34. The van der Waals surface area contributed by atoms with Gasteiger partial charge in [-0.2, -0.15) is 0 Å². The van der Waals surface area contributed by atoms with Crippen molar-refractivity contribution < 1.29 is 18.8 Å². The summed E-state index contributed by atoms with van der Waals surface area (Å²) in [7, 11) is -2.33. The van der Waals surface area contributed by atoms with Gasteiger partial charge >= 0.3 is 5.97 Å². The van der Waals surface area contributed by atoms with Gasteiger partial charge in [0.2, 0.25) is 5.91 Å². The Morgan fingerprint density at radius 3 is 1.92 bits per heavy atom. The van der Waals surface area contributed by atoms with Crippen LogP contribution in [0.3, 0.4) is 0 Å². The first-order valence-electron chi connectivity index (χ1n) is 13.4. The molecule has 3 atom stereocenters. The van der Waals surface area contributed by atoms with Crippen LogP contribution in [0.4, 0.5) is 0 Å². The van der Waals surface area contributed by atoms with E-state index in [0.29, 0.717) is 12.8 Å². The summed E-state index contributed by atoms with van der Waals surface area (Å²) in [4.78, 5) is 39.9. The molecule has 3 N–H and O–H groups in total. The standard InChI is InChI=1S/C30H42N2O4Si/c1-22(31)27(33)21-25(19-23-13-7-5-8-14-23)28(34)32-26(20-24-15-9-6-10-16-24)29(35)36-37(30(2,3)4)17-11-12-18-37/h5-10,13-16,22,25-26H,11-12,17-21,31H2,1-4H3,(H,32,34)/t22-,25+,26-/m0/s1. The van der Waals surface area contributed by atoms with Gasteiger partial charge in [0.1, 0.15) is 11.8 Å². The Kier molecular flexibility index (Phi) is 9.85. The van der Waals surface area contributed by atoms with Crippen molar-refractivity contribution >= 4 is 26.0 Å². The van der Waals surface area contributed by atoms with Crippen molar-refractivity contribution in [3.63, 3.8) is 0 Å². The van der Waals surface area contributed by atoms with E-state index < -0.39 is 26.3 Å². The van der Waals surface area contributed by atoms with E-state index in [-0.39, 0.29) is 29.1 Å². The highest BCUT2D eigenvalue weighted by atomic mass is 28.4. The molecule has 3 rings (SSSR count). The van der Waals surface area contributed by atoms with Crippen LogP contribution in [0.5, 0.6) is 0 Å². The predicted octanol–water partition coefficient (Wildman–Crippen LogP) is 4.96. The van der Waals surface area contributed by atoms with Crippen LogP contribution < -0.4 is 11.1 Å². The van der Waals surface area contributed by atoms with E-state index in [9.17, 15) is 14.4 Å². The third kappa shape index (κ3) is 7.85. The normalized spacial score (nSPS) is 17.4. The number of carbonyl (C=O) groups is 3. The minimum absolute atomic E-state index is 0.0200. The molecule has 1 heterocycles. The Hall–Kier alpha value is -2.77. The maximum atomic E-state index is 13.7. The van der Waals surface area contributed by atoms with E-state index in [1.165, 1.54) is 0 Å². The molecular weight excluding hydrogens is 480 g/mol. The van der Waals surface area contributed by atoms with Crippen molar-refractivity contribution in [1.29, 1.82) is 0 Å². The van der Waals surface area contributed by atoms with Crippen LogP contribution in [0.15, 0.2) is 60.7 Å². The number of carbonyl (C=O) groups excluding carboxylic acids is 3. The van der Waals surface area contributed by atoms with Crippen molar-refractivity contribution in [1.82, 2.24) is 5.32 Å². The van der Waals surface area contributed by atoms with Gasteiger partial charge in [0.05, 0.1) is 6.04 Å². The zero-order valence-corrected chi connectivity index (χ0v) is 23.7. The van der Waals surface area contributed by atoms with Crippen LogP contribution >= 0.6 is 0 Å². The number of benzene rings is 2. The topological polar surface area (TPSA) is 98.5 Å². The number of nitrogens with one attached hydrogen (secondary N) is 1. The van der Waals surface area contributed by atoms with Crippen molar-refractivity contribution in [2.45, 2.75) is 89.0 Å². The van der Waals surface area contributed by atoms with Gasteiger partial charge < -0.3 is 15.5 Å². The van der Waals surface area contributed by atoms with Crippen molar-refractivity contribution in [2.24, 2.45) is 11.7 Å². The summed E-state index contributed by atoms with van der Waals surface area (Å²) in [5.41, 5.74) is 7.72. The number of Topliss-reactive ketones (excluding diaryl/α,β-unsaturated/α-hetero) is 1. The summed E-state index contributed by atoms with van der Waals surface area (Å²) in [6.07, 6.45) is 2.89. The Balaban J connectivity index is 1.85. The van der Waals surface area contributed by atoms with Gasteiger partial charge in [0, 0.05) is 18.8 Å². The molecule has 2 aromatic carbocycles. The lowest BCUT2D eigenvalue weighted by Gasteiger charge is -2.39. The van der Waals surface area contributed by atoms with E-state index in [1.807, 2.05) is 60.7 Å². The SMILES string of the molecule is C[C@H](N)C(=O)C[C@@H](Cc1ccccc1)C(=O)N[C@@H](Cc1ccccc1)C(=O)O[Si]1(C(C)(C)C)CCCC1. The minimum atomic E-state index is -2.33. The lowest BCUT2D eigenvalue weighted by Crippen LogP contribution is -2.53. The van der Waals surface area contributed by atoms with E-state index in [0.717, 1.165) is 36.1 Å². The van der Waals surface area contributed by atoms with Gasteiger partial charge in [-0.1, -0.05) is 94.3 Å². The fraction of sp³-hybridized carbons (Fsp3) is 0.500. The lowest BCUT2D eigenvalue weighted by atomic mass is 9.91. The maximum Gasteiger partial charge on any atom is 0.315 e. The van der Waals surface area contributed by atoms with E-state index in [4.69, 9.17) is 10.2 Å². The third-order valence-corrected chi connectivity index (χ3v) is 13.3. The molecular formula is C30H42N2O4Si. The van der Waals surface area contributed by atoms with Gasteiger partial charge in [-0.15, -0.1) is 0 Å². The molecule has 0 saturated carbocycles. The summed E-state index contributed by atoms with van der Waals surface area (Å²) in [6.45, 7) is 8.13. The van der Waals surface area contributed by atoms with E-state index >= 15 is 0 Å². The molecule has 0 aromatic heterocycles. The predicted molar refractivity (Wildman–Crippen MR) is 149 cm³/mol. The molecule has 1 aliphatic rings. The second-order valence-electron chi connectivity index (χ2n) is 11.5. The van der Waals surface area contributed by atoms with Crippen LogP contribution in [0, 0.1) is 5.92 Å². The second-order valence-corrected chi connectivity index (χ2v) is 16.2. The number of ketones is 1. The molecule has 1 aliphatic heterocycles. The molecule has 1 saturated heterocycles. The van der Waals surface area contributed by atoms with Crippen LogP contribution in [0.25, 0.3) is 0 Å². The van der Waals surface area contributed by atoms with E-state index in [1.54, 1.807) is 6.92 Å². The summed E-state index contributed by atoms with van der Waals surface area (Å²) in [6, 6.07) is 19.7. The summed E-state index contributed by atoms with van der Waals surface area (Å²) < 4.78 is 6.41. The summed E-state index contributed by atoms with van der Waals surface area (Å²) in [5, 5.41) is 2.90. The highest BCUT2D eigenvalue weighted by Gasteiger charge is 2.52. The van der Waals surface area contributed by atoms with Crippen molar-refractivity contribution in [2.75, 3.05) is 0 Å². The Bertz CT molecular complexity index is 1040. The molecule has 6 nitrogen and oxygen atoms in total. The maximum absolute atomic E-state index is 13.7. The van der Waals surface area contributed by atoms with Crippen LogP contribution in [0.2, 0.25) is 17.1 Å². The average molecular weight is 523 g/mol. The van der Waals surface area contributed by atoms with Crippen molar-refractivity contribution in [3.05, 3.63) is 71.8 Å². The molecule has 1 fully saturated rings.